The molecule has 5 aromatic rings. The van der Waals surface area contributed by atoms with Crippen LogP contribution in [-0.2, 0) is 4.79 Å². The molecule has 2 N–H and O–H groups in total. The van der Waals surface area contributed by atoms with Gasteiger partial charge in [-0.15, -0.1) is 0 Å². The number of rotatable bonds is 7. The number of carbonyl (C=O) groups is 2. The largest absolute Gasteiger partial charge is 0.342 e. The normalized spacial score (nSPS) is 10.7. The van der Waals surface area contributed by atoms with Gasteiger partial charge in [-0.05, 0) is 54.6 Å². The van der Waals surface area contributed by atoms with E-state index in [1.54, 1.807) is 58.2 Å². The van der Waals surface area contributed by atoms with Gasteiger partial charge in [0, 0.05) is 16.3 Å². The maximum Gasteiger partial charge on any atom is 0.270 e. The molecule has 5 rings (SSSR count). The van der Waals surface area contributed by atoms with Crippen molar-refractivity contribution in [3.05, 3.63) is 108 Å². The van der Waals surface area contributed by atoms with E-state index in [1.807, 2.05) is 42.5 Å². The highest BCUT2D eigenvalue weighted by Crippen LogP contribution is 2.23. The summed E-state index contributed by atoms with van der Waals surface area (Å²) >= 11 is 6.01. The lowest BCUT2D eigenvalue weighted by Gasteiger charge is -2.09. The molecule has 3 aromatic carbocycles. The molecule has 0 aliphatic heterocycles. The van der Waals surface area contributed by atoms with Crippen LogP contribution in [0.1, 0.15) is 10.5 Å². The Labute approximate surface area is 211 Å². The lowest BCUT2D eigenvalue weighted by Crippen LogP contribution is -2.34. The van der Waals surface area contributed by atoms with Gasteiger partial charge in [0.05, 0.1) is 23.6 Å². The first-order valence-electron chi connectivity index (χ1n) is 11.0. The van der Waals surface area contributed by atoms with E-state index in [-0.39, 0.29) is 12.5 Å². The van der Waals surface area contributed by atoms with Crippen LogP contribution >= 0.6 is 11.6 Å². The van der Waals surface area contributed by atoms with E-state index in [1.165, 1.54) is 6.33 Å². The molecule has 0 unspecified atom stereocenters. The topological polar surface area (TPSA) is 107 Å². The van der Waals surface area contributed by atoms with Gasteiger partial charge in [-0.3, -0.25) is 9.59 Å². The second-order valence-corrected chi connectivity index (χ2v) is 8.22. The number of hydrogen-bond donors (Lipinski definition) is 2. The second kappa shape index (κ2) is 10.2. The van der Waals surface area contributed by atoms with Crippen LogP contribution in [0.5, 0.6) is 0 Å². The number of anilines is 1. The predicted octanol–water partition coefficient (Wildman–Crippen LogP) is 4.14. The Morgan fingerprint density at radius 3 is 2.33 bits per heavy atom. The monoisotopic (exact) mass is 497 g/mol. The van der Waals surface area contributed by atoms with Crippen LogP contribution in [0.2, 0.25) is 5.02 Å². The van der Waals surface area contributed by atoms with Crippen LogP contribution in [-0.4, -0.2) is 42.9 Å². The summed E-state index contributed by atoms with van der Waals surface area (Å²) in [6, 6.07) is 25.3. The third-order valence-corrected chi connectivity index (χ3v) is 5.58. The molecule has 2 heterocycles. The molecule has 0 radical (unpaired) electrons. The zero-order valence-electron chi connectivity index (χ0n) is 18.9. The maximum atomic E-state index is 13.1. The quantitative estimate of drug-likeness (QED) is 0.351. The van der Waals surface area contributed by atoms with E-state index in [2.05, 4.69) is 25.8 Å². The van der Waals surface area contributed by atoms with E-state index in [4.69, 9.17) is 11.6 Å². The van der Waals surface area contributed by atoms with Crippen molar-refractivity contribution in [2.45, 2.75) is 0 Å². The summed E-state index contributed by atoms with van der Waals surface area (Å²) < 4.78 is 3.17. The molecule has 9 nitrogen and oxygen atoms in total. The standard InChI is InChI=1S/C26H20ClN7O2/c27-19-8-6-18(7-9-19)23-14-24(34(32-23)22-4-2-1-3-5-22)26(36)29-15-25(35)31-20-10-12-21(13-11-20)33-17-28-16-30-33/h1-14,16-17H,15H2,(H,29,36)(H,31,35). The van der Waals surface area contributed by atoms with Crippen molar-refractivity contribution in [3.63, 3.8) is 0 Å². The Bertz CT molecular complexity index is 1480. The van der Waals surface area contributed by atoms with Gasteiger partial charge in [0.15, 0.2) is 0 Å². The molecule has 0 aliphatic carbocycles. The minimum atomic E-state index is -0.428. The van der Waals surface area contributed by atoms with Crippen LogP contribution in [0.4, 0.5) is 5.69 Å². The van der Waals surface area contributed by atoms with Crippen molar-refractivity contribution < 1.29 is 9.59 Å². The molecule has 0 fully saturated rings. The molecule has 2 aromatic heterocycles. The molecular formula is C26H20ClN7O2. The van der Waals surface area contributed by atoms with E-state index in [0.717, 1.165) is 16.9 Å². The summed E-state index contributed by atoms with van der Waals surface area (Å²) in [6.07, 6.45) is 3.03. The summed E-state index contributed by atoms with van der Waals surface area (Å²) in [6.45, 7) is -0.208. The van der Waals surface area contributed by atoms with Gasteiger partial charge in [-0.1, -0.05) is 41.9 Å². The smallest absolute Gasteiger partial charge is 0.270 e. The average Bonchev–Trinajstić information content (AvgIpc) is 3.60. The third kappa shape index (κ3) is 5.16. The fraction of sp³-hybridized carbons (Fsp3) is 0.0385. The molecule has 10 heteroatoms. The van der Waals surface area contributed by atoms with Crippen LogP contribution in [0.15, 0.2) is 97.6 Å². The number of aromatic nitrogens is 5. The molecule has 178 valence electrons. The molecule has 36 heavy (non-hydrogen) atoms. The first kappa shape index (κ1) is 23.0. The number of amides is 2. The summed E-state index contributed by atoms with van der Waals surface area (Å²) in [4.78, 5) is 29.5. The van der Waals surface area contributed by atoms with Gasteiger partial charge in [-0.2, -0.15) is 10.2 Å². The number of para-hydroxylation sites is 1. The lowest BCUT2D eigenvalue weighted by molar-refractivity contribution is -0.115. The van der Waals surface area contributed by atoms with Crippen molar-refractivity contribution in [3.8, 4) is 22.6 Å². The van der Waals surface area contributed by atoms with Crippen molar-refractivity contribution in [2.24, 2.45) is 0 Å². The summed E-state index contributed by atoms with van der Waals surface area (Å²) in [7, 11) is 0. The predicted molar refractivity (Wildman–Crippen MR) is 136 cm³/mol. The summed E-state index contributed by atoms with van der Waals surface area (Å²) in [5.41, 5.74) is 3.85. The highest BCUT2D eigenvalue weighted by Gasteiger charge is 2.18. The molecule has 0 bridgehead atoms. The number of carbonyl (C=O) groups excluding carboxylic acids is 2. The van der Waals surface area contributed by atoms with Crippen LogP contribution in [0.3, 0.4) is 0 Å². The zero-order chi connectivity index (χ0) is 24.9. The number of nitrogens with one attached hydrogen (secondary N) is 2. The molecule has 0 spiro atoms. The minimum Gasteiger partial charge on any atom is -0.342 e. The van der Waals surface area contributed by atoms with E-state index in [9.17, 15) is 9.59 Å². The van der Waals surface area contributed by atoms with E-state index >= 15 is 0 Å². The van der Waals surface area contributed by atoms with Gasteiger partial charge >= 0.3 is 0 Å². The molecule has 0 saturated heterocycles. The van der Waals surface area contributed by atoms with Gasteiger partial charge in [-0.25, -0.2) is 14.3 Å². The number of nitrogens with zero attached hydrogens (tertiary/aromatic N) is 5. The fourth-order valence-electron chi connectivity index (χ4n) is 3.57. The Balaban J connectivity index is 1.29. The number of hydrogen-bond acceptors (Lipinski definition) is 5. The SMILES string of the molecule is O=C(CNC(=O)c1cc(-c2ccc(Cl)cc2)nn1-c1ccccc1)Nc1ccc(-n2cncn2)cc1. The number of benzene rings is 3. The molecule has 2 amide bonds. The Hall–Kier alpha value is -4.76. The van der Waals surface area contributed by atoms with Crippen molar-refractivity contribution in [1.82, 2.24) is 29.9 Å². The first-order valence-corrected chi connectivity index (χ1v) is 11.4. The van der Waals surface area contributed by atoms with Gasteiger partial charge in [0.1, 0.15) is 18.3 Å². The average molecular weight is 498 g/mol. The first-order chi connectivity index (χ1) is 17.6. The number of halogens is 1. The van der Waals surface area contributed by atoms with Crippen molar-refractivity contribution >= 4 is 29.1 Å². The molecule has 0 atom stereocenters. The fourth-order valence-corrected chi connectivity index (χ4v) is 3.69. The van der Waals surface area contributed by atoms with E-state index in [0.29, 0.717) is 22.1 Å². The van der Waals surface area contributed by atoms with Gasteiger partial charge < -0.3 is 10.6 Å². The molecule has 0 saturated carbocycles. The van der Waals surface area contributed by atoms with Crippen molar-refractivity contribution in [1.29, 1.82) is 0 Å². The van der Waals surface area contributed by atoms with Gasteiger partial charge in [0.2, 0.25) is 5.91 Å². The molecular weight excluding hydrogens is 478 g/mol. The highest BCUT2D eigenvalue weighted by molar-refractivity contribution is 6.30. The Morgan fingerprint density at radius 2 is 1.64 bits per heavy atom. The van der Waals surface area contributed by atoms with Crippen molar-refractivity contribution in [2.75, 3.05) is 11.9 Å². The summed E-state index contributed by atoms with van der Waals surface area (Å²) in [5, 5.41) is 14.8. The van der Waals surface area contributed by atoms with Crippen LogP contribution < -0.4 is 10.6 Å². The lowest BCUT2D eigenvalue weighted by atomic mass is 10.1. The van der Waals surface area contributed by atoms with Gasteiger partial charge in [0.25, 0.3) is 5.91 Å². The van der Waals surface area contributed by atoms with Crippen LogP contribution in [0.25, 0.3) is 22.6 Å². The van der Waals surface area contributed by atoms with E-state index < -0.39 is 5.91 Å². The zero-order valence-corrected chi connectivity index (χ0v) is 19.6. The Kier molecular flexibility index (Phi) is 6.55. The second-order valence-electron chi connectivity index (χ2n) is 7.79. The van der Waals surface area contributed by atoms with Crippen LogP contribution in [0, 0.1) is 0 Å². The summed E-state index contributed by atoms with van der Waals surface area (Å²) in [5.74, 6) is -0.788. The molecule has 0 aliphatic rings. The minimum absolute atomic E-state index is 0.208. The third-order valence-electron chi connectivity index (χ3n) is 5.33. The highest BCUT2D eigenvalue weighted by atomic mass is 35.5. The maximum absolute atomic E-state index is 13.1. The Morgan fingerprint density at radius 1 is 0.889 bits per heavy atom.